The third-order valence-corrected chi connectivity index (χ3v) is 3.99. The van der Waals surface area contributed by atoms with Gasteiger partial charge < -0.3 is 24.8 Å². The molecule has 2 aromatic carbocycles. The molecule has 2 amide bonds. The maximum Gasteiger partial charge on any atom is 0.306 e. The van der Waals surface area contributed by atoms with E-state index in [1.165, 1.54) is 7.11 Å². The number of para-hydroxylation sites is 4. The lowest BCUT2D eigenvalue weighted by Gasteiger charge is -2.11. The van der Waals surface area contributed by atoms with Crippen molar-refractivity contribution in [3.63, 3.8) is 0 Å². The Kier molecular flexibility index (Phi) is 9.18. The van der Waals surface area contributed by atoms with Gasteiger partial charge in [-0.1, -0.05) is 24.3 Å². The summed E-state index contributed by atoms with van der Waals surface area (Å²) in [6.45, 7) is 1.90. The van der Waals surface area contributed by atoms with Crippen molar-refractivity contribution in [2.45, 2.75) is 26.2 Å². The zero-order chi connectivity index (χ0) is 21.8. The van der Waals surface area contributed by atoms with Crippen molar-refractivity contribution in [2.75, 3.05) is 31.0 Å². The second-order valence-corrected chi connectivity index (χ2v) is 6.24. The Labute approximate surface area is 175 Å². The summed E-state index contributed by atoms with van der Waals surface area (Å²) in [5.74, 6) is -0.154. The molecular formula is C22H26N2O6. The summed E-state index contributed by atoms with van der Waals surface area (Å²) in [6, 6.07) is 14.1. The highest BCUT2D eigenvalue weighted by atomic mass is 16.5. The van der Waals surface area contributed by atoms with Crippen LogP contribution >= 0.6 is 0 Å². The largest absolute Gasteiger partial charge is 0.495 e. The molecule has 8 nitrogen and oxygen atoms in total. The minimum Gasteiger partial charge on any atom is -0.495 e. The average Bonchev–Trinajstić information content (AvgIpc) is 2.74. The summed E-state index contributed by atoms with van der Waals surface area (Å²) in [5.41, 5.74) is 1.07. The van der Waals surface area contributed by atoms with Gasteiger partial charge in [0.05, 0.1) is 25.1 Å². The number of benzene rings is 2. The van der Waals surface area contributed by atoms with Crippen LogP contribution < -0.4 is 20.1 Å². The van der Waals surface area contributed by atoms with E-state index < -0.39 is 18.5 Å². The predicted molar refractivity (Wildman–Crippen MR) is 113 cm³/mol. The van der Waals surface area contributed by atoms with E-state index in [1.807, 2.05) is 6.92 Å². The van der Waals surface area contributed by atoms with E-state index in [1.54, 1.807) is 48.5 Å². The van der Waals surface area contributed by atoms with Gasteiger partial charge in [0.15, 0.2) is 6.61 Å². The zero-order valence-electron chi connectivity index (χ0n) is 17.1. The molecule has 0 aliphatic carbocycles. The lowest BCUT2D eigenvalue weighted by Crippen LogP contribution is -2.21. The molecule has 0 fully saturated rings. The van der Waals surface area contributed by atoms with Crippen molar-refractivity contribution in [1.29, 1.82) is 0 Å². The first-order valence-electron chi connectivity index (χ1n) is 9.63. The third kappa shape index (κ3) is 7.46. The van der Waals surface area contributed by atoms with Crippen LogP contribution in [-0.4, -0.2) is 38.1 Å². The van der Waals surface area contributed by atoms with Crippen LogP contribution in [0.25, 0.3) is 0 Å². The summed E-state index contributed by atoms with van der Waals surface area (Å²) in [6.07, 6.45) is 0.470. The van der Waals surface area contributed by atoms with E-state index in [-0.39, 0.29) is 18.7 Å². The molecule has 0 spiro atoms. The molecule has 0 heterocycles. The van der Waals surface area contributed by atoms with Crippen molar-refractivity contribution in [1.82, 2.24) is 0 Å². The van der Waals surface area contributed by atoms with Crippen LogP contribution in [0.2, 0.25) is 0 Å². The first-order chi connectivity index (χ1) is 14.5. The van der Waals surface area contributed by atoms with Crippen LogP contribution in [0.1, 0.15) is 26.2 Å². The quantitative estimate of drug-likeness (QED) is 0.547. The van der Waals surface area contributed by atoms with Gasteiger partial charge in [-0.3, -0.25) is 14.4 Å². The van der Waals surface area contributed by atoms with Crippen LogP contribution in [0.3, 0.4) is 0 Å². The molecule has 0 atom stereocenters. The van der Waals surface area contributed by atoms with E-state index in [9.17, 15) is 14.4 Å². The van der Waals surface area contributed by atoms with Crippen molar-refractivity contribution in [3.05, 3.63) is 48.5 Å². The lowest BCUT2D eigenvalue weighted by molar-refractivity contribution is -0.147. The maximum absolute atomic E-state index is 12.0. The van der Waals surface area contributed by atoms with Crippen LogP contribution in [-0.2, 0) is 19.1 Å². The number of methoxy groups -OCH3 is 1. The smallest absolute Gasteiger partial charge is 0.306 e. The number of amides is 2. The fourth-order valence-corrected chi connectivity index (χ4v) is 2.61. The van der Waals surface area contributed by atoms with E-state index in [2.05, 4.69) is 10.6 Å². The van der Waals surface area contributed by atoms with Crippen molar-refractivity contribution < 1.29 is 28.6 Å². The SMILES string of the molecule is CCOc1ccccc1NC(=O)COC(=O)CCCC(=O)Nc1ccccc1OC. The zero-order valence-corrected chi connectivity index (χ0v) is 17.1. The minimum absolute atomic E-state index is 0.0299. The molecule has 2 rings (SSSR count). The highest BCUT2D eigenvalue weighted by Gasteiger charge is 2.12. The van der Waals surface area contributed by atoms with E-state index in [0.717, 1.165) is 0 Å². The Hall–Kier alpha value is -3.55. The fraction of sp³-hybridized carbons (Fsp3) is 0.318. The molecule has 0 aromatic heterocycles. The third-order valence-electron chi connectivity index (χ3n) is 3.99. The Bertz CT molecular complexity index is 868. The van der Waals surface area contributed by atoms with Crippen molar-refractivity contribution in [2.24, 2.45) is 0 Å². The molecule has 8 heteroatoms. The van der Waals surface area contributed by atoms with Crippen LogP contribution in [0.4, 0.5) is 11.4 Å². The van der Waals surface area contributed by atoms with Gasteiger partial charge in [-0.05, 0) is 37.6 Å². The van der Waals surface area contributed by atoms with E-state index >= 15 is 0 Å². The molecule has 0 radical (unpaired) electrons. The fourth-order valence-electron chi connectivity index (χ4n) is 2.61. The molecule has 30 heavy (non-hydrogen) atoms. The molecular weight excluding hydrogens is 388 g/mol. The molecule has 0 saturated carbocycles. The number of carbonyl (C=O) groups is 3. The Morgan fingerprint density at radius 2 is 1.43 bits per heavy atom. The lowest BCUT2D eigenvalue weighted by atomic mass is 10.2. The van der Waals surface area contributed by atoms with Gasteiger partial charge in [0.2, 0.25) is 5.91 Å². The van der Waals surface area contributed by atoms with Gasteiger partial charge in [-0.25, -0.2) is 0 Å². The number of esters is 1. The topological polar surface area (TPSA) is 103 Å². The molecule has 2 N–H and O–H groups in total. The number of ether oxygens (including phenoxy) is 3. The van der Waals surface area contributed by atoms with Gasteiger partial charge in [0.25, 0.3) is 5.91 Å². The summed E-state index contributed by atoms with van der Waals surface area (Å²) >= 11 is 0. The normalized spacial score (nSPS) is 10.1. The van der Waals surface area contributed by atoms with E-state index in [0.29, 0.717) is 35.9 Å². The van der Waals surface area contributed by atoms with Crippen molar-refractivity contribution >= 4 is 29.2 Å². The van der Waals surface area contributed by atoms with Crippen molar-refractivity contribution in [3.8, 4) is 11.5 Å². The molecule has 0 saturated heterocycles. The molecule has 0 aliphatic heterocycles. The Balaban J connectivity index is 1.68. The van der Waals surface area contributed by atoms with E-state index in [4.69, 9.17) is 14.2 Å². The number of hydrogen-bond donors (Lipinski definition) is 2. The Morgan fingerprint density at radius 3 is 2.10 bits per heavy atom. The number of nitrogens with one attached hydrogen (secondary N) is 2. The maximum atomic E-state index is 12.0. The van der Waals surface area contributed by atoms with Gasteiger partial charge in [-0.2, -0.15) is 0 Å². The van der Waals surface area contributed by atoms with Gasteiger partial charge in [-0.15, -0.1) is 0 Å². The molecule has 160 valence electrons. The molecule has 2 aromatic rings. The first-order valence-corrected chi connectivity index (χ1v) is 9.63. The number of hydrogen-bond acceptors (Lipinski definition) is 6. The van der Waals surface area contributed by atoms with Crippen LogP contribution in [0, 0.1) is 0 Å². The summed E-state index contributed by atoms with van der Waals surface area (Å²) in [7, 11) is 1.52. The van der Waals surface area contributed by atoms with Crippen LogP contribution in [0.15, 0.2) is 48.5 Å². The monoisotopic (exact) mass is 414 g/mol. The summed E-state index contributed by atoms with van der Waals surface area (Å²) in [5, 5.41) is 5.38. The second kappa shape index (κ2) is 12.1. The summed E-state index contributed by atoms with van der Waals surface area (Å²) < 4.78 is 15.6. The van der Waals surface area contributed by atoms with Gasteiger partial charge in [0, 0.05) is 12.8 Å². The minimum atomic E-state index is -0.548. The average molecular weight is 414 g/mol. The number of carbonyl (C=O) groups excluding carboxylic acids is 3. The molecule has 0 aliphatic rings. The predicted octanol–water partition coefficient (Wildman–Crippen LogP) is 3.38. The second-order valence-electron chi connectivity index (χ2n) is 6.24. The first kappa shape index (κ1) is 22.7. The molecule has 0 unspecified atom stereocenters. The summed E-state index contributed by atoms with van der Waals surface area (Å²) in [4.78, 5) is 35.9. The molecule has 0 bridgehead atoms. The highest BCUT2D eigenvalue weighted by Crippen LogP contribution is 2.24. The number of anilines is 2. The Morgan fingerprint density at radius 1 is 0.833 bits per heavy atom. The number of rotatable bonds is 11. The van der Waals surface area contributed by atoms with Gasteiger partial charge in [0.1, 0.15) is 11.5 Å². The van der Waals surface area contributed by atoms with Crippen LogP contribution in [0.5, 0.6) is 11.5 Å². The highest BCUT2D eigenvalue weighted by molar-refractivity contribution is 5.94. The van der Waals surface area contributed by atoms with Gasteiger partial charge >= 0.3 is 5.97 Å². The standard InChI is InChI=1S/C22H26N2O6/c1-3-29-19-12-7-5-10-17(19)24-21(26)15-30-22(27)14-8-13-20(25)23-16-9-4-6-11-18(16)28-2/h4-7,9-12H,3,8,13-15H2,1-2H3,(H,23,25)(H,24,26).